The first-order valence-electron chi connectivity index (χ1n) is 5.69. The Labute approximate surface area is 100 Å². The molecule has 16 heavy (non-hydrogen) atoms. The van der Waals surface area contributed by atoms with Crippen LogP contribution in [0.2, 0.25) is 0 Å². The van der Waals surface area contributed by atoms with Crippen molar-refractivity contribution < 1.29 is 4.79 Å². The van der Waals surface area contributed by atoms with Gasteiger partial charge in [-0.3, -0.25) is 4.79 Å². The summed E-state index contributed by atoms with van der Waals surface area (Å²) in [6.45, 7) is 5.52. The molecule has 3 nitrogen and oxygen atoms in total. The van der Waals surface area contributed by atoms with Crippen molar-refractivity contribution in [3.8, 4) is 0 Å². The highest BCUT2D eigenvalue weighted by molar-refractivity contribution is 7.10. The van der Waals surface area contributed by atoms with Crippen LogP contribution in [-0.2, 0) is 17.8 Å². The number of nitrogens with zero attached hydrogens (tertiary/aromatic N) is 1. The van der Waals surface area contributed by atoms with E-state index in [-0.39, 0.29) is 17.9 Å². The molecule has 88 valence electrons. The summed E-state index contributed by atoms with van der Waals surface area (Å²) in [4.78, 5) is 15.4. The van der Waals surface area contributed by atoms with E-state index in [0.29, 0.717) is 0 Å². The maximum atomic E-state index is 12.1. The summed E-state index contributed by atoms with van der Waals surface area (Å²) in [6, 6.07) is 1.75. The van der Waals surface area contributed by atoms with Crippen LogP contribution in [0.5, 0.6) is 0 Å². The molecule has 4 heteroatoms. The Morgan fingerprint density at radius 2 is 2.31 bits per heavy atom. The molecule has 1 amide bonds. The van der Waals surface area contributed by atoms with E-state index in [1.165, 1.54) is 10.4 Å². The lowest BCUT2D eigenvalue weighted by Gasteiger charge is -2.30. The molecule has 0 radical (unpaired) electrons. The normalized spacial score (nSPS) is 17.4. The fourth-order valence-electron chi connectivity index (χ4n) is 1.93. The molecule has 2 N–H and O–H groups in total. The molecule has 1 aliphatic heterocycles. The first-order chi connectivity index (χ1) is 7.59. The molecule has 1 atom stereocenters. The van der Waals surface area contributed by atoms with E-state index in [1.807, 2.05) is 18.7 Å². The Balaban J connectivity index is 2.06. The van der Waals surface area contributed by atoms with Gasteiger partial charge < -0.3 is 10.6 Å². The first-order valence-corrected chi connectivity index (χ1v) is 6.57. The number of thiophene rings is 1. The first kappa shape index (κ1) is 11.6. The lowest BCUT2D eigenvalue weighted by atomic mass is 10.0. The summed E-state index contributed by atoms with van der Waals surface area (Å²) >= 11 is 1.78. The highest BCUT2D eigenvalue weighted by Gasteiger charge is 2.26. The number of hydrogen-bond acceptors (Lipinski definition) is 3. The maximum Gasteiger partial charge on any atom is 0.240 e. The zero-order valence-electron chi connectivity index (χ0n) is 9.77. The van der Waals surface area contributed by atoms with E-state index in [1.54, 1.807) is 11.3 Å². The summed E-state index contributed by atoms with van der Waals surface area (Å²) in [5, 5.41) is 2.10. The molecule has 0 aromatic carbocycles. The quantitative estimate of drug-likeness (QED) is 0.851. The van der Waals surface area contributed by atoms with Gasteiger partial charge in [-0.05, 0) is 29.3 Å². The molecule has 0 saturated carbocycles. The number of carbonyl (C=O) groups excluding carboxylic acids is 1. The highest BCUT2D eigenvalue weighted by atomic mass is 32.1. The van der Waals surface area contributed by atoms with Crippen molar-refractivity contribution in [3.05, 3.63) is 21.9 Å². The number of nitrogens with two attached hydrogens (primary N) is 1. The molecule has 1 aromatic rings. The Kier molecular flexibility index (Phi) is 3.30. The largest absolute Gasteiger partial charge is 0.337 e. The predicted molar refractivity (Wildman–Crippen MR) is 66.3 cm³/mol. The van der Waals surface area contributed by atoms with E-state index in [4.69, 9.17) is 5.73 Å². The van der Waals surface area contributed by atoms with Crippen LogP contribution in [0.25, 0.3) is 0 Å². The van der Waals surface area contributed by atoms with E-state index >= 15 is 0 Å². The fourth-order valence-corrected chi connectivity index (χ4v) is 2.82. The molecule has 0 fully saturated rings. The molecule has 0 aliphatic carbocycles. The SMILES string of the molecule is CC(C)[C@H](N)C(=O)N1CCc2sccc2C1. The van der Waals surface area contributed by atoms with Crippen LogP contribution in [0.1, 0.15) is 24.3 Å². The second kappa shape index (κ2) is 4.55. The average molecular weight is 238 g/mol. The van der Waals surface area contributed by atoms with Gasteiger partial charge in [0.2, 0.25) is 5.91 Å². The molecular weight excluding hydrogens is 220 g/mol. The zero-order valence-corrected chi connectivity index (χ0v) is 10.6. The van der Waals surface area contributed by atoms with Gasteiger partial charge >= 0.3 is 0 Å². The predicted octanol–water partition coefficient (Wildman–Crippen LogP) is 1.62. The van der Waals surface area contributed by atoms with Gasteiger partial charge in [0.1, 0.15) is 0 Å². The molecular formula is C12H18N2OS. The molecule has 0 spiro atoms. The van der Waals surface area contributed by atoms with Crippen molar-refractivity contribution in [2.45, 2.75) is 32.9 Å². The third-order valence-electron chi connectivity index (χ3n) is 3.12. The summed E-state index contributed by atoms with van der Waals surface area (Å²) in [7, 11) is 0. The molecule has 1 aliphatic rings. The molecule has 2 rings (SSSR count). The van der Waals surface area contributed by atoms with Crippen LogP contribution in [0.3, 0.4) is 0 Å². The molecule has 0 bridgehead atoms. The summed E-state index contributed by atoms with van der Waals surface area (Å²) in [6.07, 6.45) is 0.976. The third-order valence-corrected chi connectivity index (χ3v) is 4.15. The maximum absolute atomic E-state index is 12.1. The van der Waals surface area contributed by atoms with Crippen molar-refractivity contribution in [1.29, 1.82) is 0 Å². The van der Waals surface area contributed by atoms with E-state index in [9.17, 15) is 4.79 Å². The van der Waals surface area contributed by atoms with Crippen molar-refractivity contribution in [2.75, 3.05) is 6.54 Å². The van der Waals surface area contributed by atoms with Gasteiger partial charge in [0.25, 0.3) is 0 Å². The summed E-state index contributed by atoms with van der Waals surface area (Å²) in [5.74, 6) is 0.295. The van der Waals surface area contributed by atoms with Crippen LogP contribution < -0.4 is 5.73 Å². The van der Waals surface area contributed by atoms with Crippen molar-refractivity contribution in [1.82, 2.24) is 4.90 Å². The summed E-state index contributed by atoms with van der Waals surface area (Å²) < 4.78 is 0. The van der Waals surface area contributed by atoms with Crippen LogP contribution in [0, 0.1) is 5.92 Å². The van der Waals surface area contributed by atoms with Crippen LogP contribution >= 0.6 is 11.3 Å². The smallest absolute Gasteiger partial charge is 0.240 e. The number of amides is 1. The van der Waals surface area contributed by atoms with E-state index in [0.717, 1.165) is 19.5 Å². The van der Waals surface area contributed by atoms with Crippen LogP contribution in [0.4, 0.5) is 0 Å². The van der Waals surface area contributed by atoms with E-state index < -0.39 is 0 Å². The summed E-state index contributed by atoms with van der Waals surface area (Å²) in [5.41, 5.74) is 7.19. The standard InChI is InChI=1S/C12H18N2OS/c1-8(2)11(13)12(15)14-5-3-10-9(7-14)4-6-16-10/h4,6,8,11H,3,5,7,13H2,1-2H3/t11-/m0/s1. The van der Waals surface area contributed by atoms with Gasteiger partial charge in [-0.2, -0.15) is 0 Å². The third kappa shape index (κ3) is 2.13. The lowest BCUT2D eigenvalue weighted by molar-refractivity contribution is -0.134. The topological polar surface area (TPSA) is 46.3 Å². The number of fused-ring (bicyclic) bond motifs is 1. The van der Waals surface area contributed by atoms with Crippen LogP contribution in [-0.4, -0.2) is 23.4 Å². The minimum Gasteiger partial charge on any atom is -0.337 e. The Morgan fingerprint density at radius 1 is 1.56 bits per heavy atom. The van der Waals surface area contributed by atoms with E-state index in [2.05, 4.69) is 11.4 Å². The van der Waals surface area contributed by atoms with Crippen molar-refractivity contribution in [3.63, 3.8) is 0 Å². The Hall–Kier alpha value is -0.870. The lowest BCUT2D eigenvalue weighted by Crippen LogP contribution is -2.47. The average Bonchev–Trinajstić information content (AvgIpc) is 2.73. The highest BCUT2D eigenvalue weighted by Crippen LogP contribution is 2.24. The monoisotopic (exact) mass is 238 g/mol. The second-order valence-electron chi connectivity index (χ2n) is 4.65. The Morgan fingerprint density at radius 3 is 3.00 bits per heavy atom. The van der Waals surface area contributed by atoms with Gasteiger partial charge in [0, 0.05) is 18.0 Å². The van der Waals surface area contributed by atoms with Gasteiger partial charge in [-0.1, -0.05) is 13.8 Å². The second-order valence-corrected chi connectivity index (χ2v) is 5.65. The minimum atomic E-state index is -0.361. The van der Waals surface area contributed by atoms with Crippen LogP contribution in [0.15, 0.2) is 11.4 Å². The number of hydrogen-bond donors (Lipinski definition) is 1. The van der Waals surface area contributed by atoms with Gasteiger partial charge in [0.15, 0.2) is 0 Å². The minimum absolute atomic E-state index is 0.0897. The number of carbonyl (C=O) groups is 1. The van der Waals surface area contributed by atoms with Gasteiger partial charge in [0.05, 0.1) is 6.04 Å². The van der Waals surface area contributed by atoms with Crippen molar-refractivity contribution in [2.24, 2.45) is 11.7 Å². The zero-order chi connectivity index (χ0) is 11.7. The number of rotatable bonds is 2. The Bertz CT molecular complexity index is 386. The van der Waals surface area contributed by atoms with Gasteiger partial charge in [-0.15, -0.1) is 11.3 Å². The fraction of sp³-hybridized carbons (Fsp3) is 0.583. The molecule has 0 saturated heterocycles. The molecule has 0 unspecified atom stereocenters. The van der Waals surface area contributed by atoms with Crippen molar-refractivity contribution >= 4 is 17.2 Å². The molecule has 1 aromatic heterocycles. The molecule has 2 heterocycles. The van der Waals surface area contributed by atoms with Gasteiger partial charge in [-0.25, -0.2) is 0 Å².